The van der Waals surface area contributed by atoms with Gasteiger partial charge in [-0.25, -0.2) is 0 Å². The number of fused-ring (bicyclic) bond motifs is 2. The minimum atomic E-state index is -0.355. The Balaban J connectivity index is 1.32. The molecule has 1 unspecified atom stereocenters. The Hall–Kier alpha value is -1.88. The lowest BCUT2D eigenvalue weighted by Crippen LogP contribution is -2.48. The number of rotatable bonds is 8. The SMILES string of the molecule is CCOC(CC)C(=O)N1[C@@H]2CC[C@H]1[C@H](NC(=O)Cc1ccc(C3CCC3)cc1)C2. The summed E-state index contributed by atoms with van der Waals surface area (Å²) in [4.78, 5) is 27.6. The van der Waals surface area contributed by atoms with Crippen molar-refractivity contribution in [3.05, 3.63) is 35.4 Å². The van der Waals surface area contributed by atoms with Gasteiger partial charge in [0, 0.05) is 12.6 Å². The number of carbonyl (C=O) groups excluding carboxylic acids is 2. The molecule has 2 bridgehead atoms. The lowest BCUT2D eigenvalue weighted by molar-refractivity contribution is -0.145. The van der Waals surface area contributed by atoms with Crippen LogP contribution in [-0.4, -0.2) is 47.6 Å². The van der Waals surface area contributed by atoms with Crippen LogP contribution in [0.3, 0.4) is 0 Å². The van der Waals surface area contributed by atoms with Gasteiger partial charge in [-0.3, -0.25) is 9.59 Å². The van der Waals surface area contributed by atoms with Gasteiger partial charge >= 0.3 is 0 Å². The average molecular weight is 399 g/mol. The summed E-state index contributed by atoms with van der Waals surface area (Å²) < 4.78 is 5.65. The second-order valence-electron chi connectivity index (χ2n) is 8.85. The van der Waals surface area contributed by atoms with Crippen molar-refractivity contribution in [2.45, 2.75) is 95.4 Å². The van der Waals surface area contributed by atoms with Crippen LogP contribution in [0, 0.1) is 0 Å². The summed E-state index contributed by atoms with van der Waals surface area (Å²) in [5.41, 5.74) is 2.46. The first kappa shape index (κ1) is 20.4. The molecule has 2 amide bonds. The predicted octanol–water partition coefficient (Wildman–Crippen LogP) is 3.56. The molecule has 1 aromatic carbocycles. The van der Waals surface area contributed by atoms with Gasteiger partial charge in [0.2, 0.25) is 5.91 Å². The van der Waals surface area contributed by atoms with Gasteiger partial charge in [-0.05, 0) is 62.5 Å². The van der Waals surface area contributed by atoms with Crippen LogP contribution in [-0.2, 0) is 20.7 Å². The van der Waals surface area contributed by atoms with Crippen molar-refractivity contribution in [1.82, 2.24) is 10.2 Å². The maximum atomic E-state index is 13.0. The fourth-order valence-corrected chi connectivity index (χ4v) is 5.31. The molecule has 0 spiro atoms. The molecular weight excluding hydrogens is 364 g/mol. The van der Waals surface area contributed by atoms with E-state index in [2.05, 4.69) is 29.6 Å². The van der Waals surface area contributed by atoms with Crippen LogP contribution < -0.4 is 5.32 Å². The normalized spacial score (nSPS) is 27.0. The molecule has 2 saturated heterocycles. The second-order valence-corrected chi connectivity index (χ2v) is 8.85. The molecule has 1 aliphatic carbocycles. The average Bonchev–Trinajstić information content (AvgIpc) is 3.23. The van der Waals surface area contributed by atoms with Crippen LogP contribution in [0.15, 0.2) is 24.3 Å². The smallest absolute Gasteiger partial charge is 0.252 e. The van der Waals surface area contributed by atoms with Crippen molar-refractivity contribution in [2.75, 3.05) is 6.61 Å². The Morgan fingerprint density at radius 1 is 1.14 bits per heavy atom. The van der Waals surface area contributed by atoms with Crippen molar-refractivity contribution in [3.63, 3.8) is 0 Å². The van der Waals surface area contributed by atoms with E-state index in [9.17, 15) is 9.59 Å². The number of carbonyl (C=O) groups is 2. The summed E-state index contributed by atoms with van der Waals surface area (Å²) in [5.74, 6) is 0.882. The van der Waals surface area contributed by atoms with E-state index in [1.807, 2.05) is 18.7 Å². The van der Waals surface area contributed by atoms with Crippen LogP contribution >= 0.6 is 0 Å². The molecule has 4 rings (SSSR count). The number of hydrogen-bond acceptors (Lipinski definition) is 3. The quantitative estimate of drug-likeness (QED) is 0.728. The lowest BCUT2D eigenvalue weighted by atomic mass is 9.80. The Bertz CT molecular complexity index is 728. The Morgan fingerprint density at radius 3 is 2.52 bits per heavy atom. The Morgan fingerprint density at radius 2 is 1.90 bits per heavy atom. The summed E-state index contributed by atoms with van der Waals surface area (Å²) in [6.07, 6.45) is 7.54. The molecule has 2 heterocycles. The van der Waals surface area contributed by atoms with E-state index in [1.54, 1.807) is 0 Å². The van der Waals surface area contributed by atoms with Gasteiger partial charge in [0.15, 0.2) is 0 Å². The molecule has 4 atom stereocenters. The highest BCUT2D eigenvalue weighted by Gasteiger charge is 2.50. The maximum absolute atomic E-state index is 13.0. The monoisotopic (exact) mass is 398 g/mol. The molecule has 3 aliphatic rings. The number of benzene rings is 1. The van der Waals surface area contributed by atoms with Gasteiger partial charge in [-0.2, -0.15) is 0 Å². The van der Waals surface area contributed by atoms with Gasteiger partial charge in [0.05, 0.1) is 18.5 Å². The van der Waals surface area contributed by atoms with Crippen molar-refractivity contribution in [1.29, 1.82) is 0 Å². The number of nitrogens with zero attached hydrogens (tertiary/aromatic N) is 1. The molecule has 1 N–H and O–H groups in total. The van der Waals surface area contributed by atoms with Crippen molar-refractivity contribution < 1.29 is 14.3 Å². The van der Waals surface area contributed by atoms with E-state index < -0.39 is 0 Å². The minimum absolute atomic E-state index is 0.0585. The number of amides is 2. The van der Waals surface area contributed by atoms with E-state index in [-0.39, 0.29) is 36.0 Å². The molecule has 29 heavy (non-hydrogen) atoms. The largest absolute Gasteiger partial charge is 0.369 e. The van der Waals surface area contributed by atoms with Crippen molar-refractivity contribution >= 4 is 11.8 Å². The molecule has 3 fully saturated rings. The lowest BCUT2D eigenvalue weighted by Gasteiger charge is -2.28. The van der Waals surface area contributed by atoms with Gasteiger partial charge in [0.1, 0.15) is 6.10 Å². The highest BCUT2D eigenvalue weighted by molar-refractivity contribution is 5.83. The van der Waals surface area contributed by atoms with Gasteiger partial charge < -0.3 is 15.0 Å². The highest BCUT2D eigenvalue weighted by atomic mass is 16.5. The first-order valence-corrected chi connectivity index (χ1v) is 11.4. The van der Waals surface area contributed by atoms with Crippen LogP contribution in [0.1, 0.15) is 75.8 Å². The number of ether oxygens (including phenoxy) is 1. The number of hydrogen-bond donors (Lipinski definition) is 1. The Labute approximate surface area is 174 Å². The van der Waals surface area contributed by atoms with Crippen LogP contribution in [0.25, 0.3) is 0 Å². The highest BCUT2D eigenvalue weighted by Crippen LogP contribution is 2.39. The second kappa shape index (κ2) is 8.86. The third-order valence-corrected chi connectivity index (χ3v) is 7.07. The third kappa shape index (κ3) is 4.20. The minimum Gasteiger partial charge on any atom is -0.369 e. The third-order valence-electron chi connectivity index (χ3n) is 7.07. The maximum Gasteiger partial charge on any atom is 0.252 e. The summed E-state index contributed by atoms with van der Waals surface area (Å²) in [6.45, 7) is 4.47. The Kier molecular flexibility index (Phi) is 6.23. The molecule has 1 saturated carbocycles. The summed E-state index contributed by atoms with van der Waals surface area (Å²) in [6, 6.07) is 8.99. The summed E-state index contributed by atoms with van der Waals surface area (Å²) in [7, 11) is 0. The molecule has 0 radical (unpaired) electrons. The molecular formula is C24H34N2O3. The van der Waals surface area contributed by atoms with Crippen molar-refractivity contribution in [2.24, 2.45) is 0 Å². The zero-order valence-corrected chi connectivity index (χ0v) is 17.7. The molecule has 2 aliphatic heterocycles. The summed E-state index contributed by atoms with van der Waals surface area (Å²) >= 11 is 0. The fourth-order valence-electron chi connectivity index (χ4n) is 5.31. The molecule has 1 aromatic rings. The van der Waals surface area contributed by atoms with E-state index >= 15 is 0 Å². The molecule has 158 valence electrons. The first-order valence-electron chi connectivity index (χ1n) is 11.4. The van der Waals surface area contributed by atoms with E-state index in [0.29, 0.717) is 19.4 Å². The zero-order valence-electron chi connectivity index (χ0n) is 17.7. The van der Waals surface area contributed by atoms with E-state index in [0.717, 1.165) is 30.7 Å². The van der Waals surface area contributed by atoms with Gasteiger partial charge in [-0.15, -0.1) is 0 Å². The predicted molar refractivity (Wildman–Crippen MR) is 113 cm³/mol. The van der Waals surface area contributed by atoms with Crippen LogP contribution in [0.4, 0.5) is 0 Å². The van der Waals surface area contributed by atoms with E-state index in [1.165, 1.54) is 24.8 Å². The van der Waals surface area contributed by atoms with Crippen molar-refractivity contribution in [3.8, 4) is 0 Å². The number of nitrogens with one attached hydrogen (secondary N) is 1. The molecule has 0 aromatic heterocycles. The van der Waals surface area contributed by atoms with E-state index in [4.69, 9.17) is 4.74 Å². The fraction of sp³-hybridized carbons (Fsp3) is 0.667. The van der Waals surface area contributed by atoms with Gasteiger partial charge in [-0.1, -0.05) is 37.6 Å². The summed E-state index contributed by atoms with van der Waals surface area (Å²) in [5, 5.41) is 3.22. The van der Waals surface area contributed by atoms with Crippen LogP contribution in [0.5, 0.6) is 0 Å². The first-order chi connectivity index (χ1) is 14.1. The molecule has 5 heteroatoms. The zero-order chi connectivity index (χ0) is 20.4. The standard InChI is InChI=1S/C24H34N2O3/c1-3-22(29-4-2)24(28)26-19-12-13-21(26)20(15-19)25-23(27)14-16-8-10-18(11-9-16)17-6-5-7-17/h8-11,17,19-22H,3-7,12-15H2,1-2H3,(H,25,27)/t19-,20-,21+,22?/m1/s1. The molecule has 5 nitrogen and oxygen atoms in total. The topological polar surface area (TPSA) is 58.6 Å². The van der Waals surface area contributed by atoms with Gasteiger partial charge in [0.25, 0.3) is 5.91 Å². The van der Waals surface area contributed by atoms with Crippen LogP contribution in [0.2, 0.25) is 0 Å².